The van der Waals surface area contributed by atoms with Gasteiger partial charge in [-0.2, -0.15) is 0 Å². The van der Waals surface area contributed by atoms with Gasteiger partial charge in [0.2, 0.25) is 0 Å². The van der Waals surface area contributed by atoms with Gasteiger partial charge < -0.3 is 16.0 Å². The number of carbonyl (C=O) groups excluding carboxylic acids is 1. The van der Waals surface area contributed by atoms with Gasteiger partial charge in [0.25, 0.3) is 5.91 Å². The van der Waals surface area contributed by atoms with Crippen molar-refractivity contribution in [3.63, 3.8) is 0 Å². The fraction of sp³-hybridized carbons (Fsp3) is 0.636. The van der Waals surface area contributed by atoms with Crippen LogP contribution in [0.3, 0.4) is 0 Å². The van der Waals surface area contributed by atoms with Gasteiger partial charge in [0.1, 0.15) is 10.7 Å². The van der Waals surface area contributed by atoms with E-state index in [-0.39, 0.29) is 5.91 Å². The number of anilines is 2. The Bertz CT molecular complexity index is 410. The van der Waals surface area contributed by atoms with Crippen LogP contribution in [0.15, 0.2) is 0 Å². The topological polar surface area (TPSA) is 71.2 Å². The van der Waals surface area contributed by atoms with E-state index in [4.69, 9.17) is 5.73 Å². The molecule has 0 spiro atoms. The lowest BCUT2D eigenvalue weighted by molar-refractivity contribution is 0.0942. The number of hydrogen-bond acceptors (Lipinski definition) is 5. The number of nitrogens with two attached hydrogens (primary N) is 1. The minimum atomic E-state index is -0.0833. The second kappa shape index (κ2) is 4.91. The molecule has 0 aliphatic heterocycles. The minimum Gasteiger partial charge on any atom is -0.382 e. The van der Waals surface area contributed by atoms with Gasteiger partial charge in [-0.1, -0.05) is 24.2 Å². The summed E-state index contributed by atoms with van der Waals surface area (Å²) >= 11 is 1.34. The zero-order valence-electron chi connectivity index (χ0n) is 10.2. The summed E-state index contributed by atoms with van der Waals surface area (Å²) in [5.74, 6) is 0.245. The number of hydrogen-bond donors (Lipinski definition) is 2. The fourth-order valence-electron chi connectivity index (χ4n) is 2.00. The van der Waals surface area contributed by atoms with Gasteiger partial charge in [0.05, 0.1) is 0 Å². The zero-order valence-corrected chi connectivity index (χ0v) is 11.0. The van der Waals surface area contributed by atoms with Crippen molar-refractivity contribution in [2.24, 2.45) is 0 Å². The summed E-state index contributed by atoms with van der Waals surface area (Å²) in [4.78, 5) is 18.6. The van der Waals surface area contributed by atoms with Crippen LogP contribution in [0.1, 0.15) is 35.4 Å². The van der Waals surface area contributed by atoms with Crippen molar-refractivity contribution in [1.29, 1.82) is 0 Å². The first-order valence-corrected chi connectivity index (χ1v) is 6.64. The smallest absolute Gasteiger partial charge is 0.265 e. The zero-order chi connectivity index (χ0) is 12.4. The summed E-state index contributed by atoms with van der Waals surface area (Å²) in [6, 6.07) is 0.312. The van der Waals surface area contributed by atoms with Gasteiger partial charge in [0.15, 0.2) is 5.13 Å². The van der Waals surface area contributed by atoms with Crippen LogP contribution in [0.2, 0.25) is 0 Å². The Kier molecular flexibility index (Phi) is 3.51. The molecule has 1 saturated carbocycles. The van der Waals surface area contributed by atoms with E-state index in [9.17, 15) is 4.79 Å². The SMILES string of the molecule is CN(C)c1nc(N)c(C(=O)NC2CCCC2)s1. The first-order chi connectivity index (χ1) is 8.08. The van der Waals surface area contributed by atoms with Gasteiger partial charge in [-0.25, -0.2) is 4.98 Å². The van der Waals surface area contributed by atoms with Crippen molar-refractivity contribution < 1.29 is 4.79 Å². The molecule has 2 rings (SSSR count). The van der Waals surface area contributed by atoms with Crippen LogP contribution in [0.25, 0.3) is 0 Å². The quantitative estimate of drug-likeness (QED) is 0.856. The van der Waals surface area contributed by atoms with Gasteiger partial charge in [-0.05, 0) is 12.8 Å². The molecule has 0 unspecified atom stereocenters. The first kappa shape index (κ1) is 12.2. The van der Waals surface area contributed by atoms with Crippen LogP contribution in [0.5, 0.6) is 0 Å². The number of amides is 1. The fourth-order valence-corrected chi connectivity index (χ4v) is 2.81. The highest BCUT2D eigenvalue weighted by atomic mass is 32.1. The maximum atomic E-state index is 12.0. The lowest BCUT2D eigenvalue weighted by atomic mass is 10.2. The van der Waals surface area contributed by atoms with Crippen molar-refractivity contribution >= 4 is 28.2 Å². The van der Waals surface area contributed by atoms with Crippen LogP contribution in [0.4, 0.5) is 10.9 Å². The summed E-state index contributed by atoms with van der Waals surface area (Å²) < 4.78 is 0. The van der Waals surface area contributed by atoms with Gasteiger partial charge in [-0.15, -0.1) is 0 Å². The molecule has 0 aromatic carbocycles. The van der Waals surface area contributed by atoms with Gasteiger partial charge >= 0.3 is 0 Å². The summed E-state index contributed by atoms with van der Waals surface area (Å²) in [5, 5.41) is 3.78. The van der Waals surface area contributed by atoms with Crippen molar-refractivity contribution in [2.45, 2.75) is 31.7 Å². The Morgan fingerprint density at radius 3 is 2.65 bits per heavy atom. The summed E-state index contributed by atoms with van der Waals surface area (Å²) in [6.07, 6.45) is 4.55. The normalized spacial score (nSPS) is 16.1. The first-order valence-electron chi connectivity index (χ1n) is 5.82. The highest BCUT2D eigenvalue weighted by molar-refractivity contribution is 7.18. The molecule has 0 saturated heterocycles. The molecular weight excluding hydrogens is 236 g/mol. The number of aromatic nitrogens is 1. The van der Waals surface area contributed by atoms with E-state index in [2.05, 4.69) is 10.3 Å². The van der Waals surface area contributed by atoms with Crippen molar-refractivity contribution in [3.8, 4) is 0 Å². The third kappa shape index (κ3) is 2.69. The molecule has 0 atom stereocenters. The van der Waals surface area contributed by atoms with E-state index in [0.717, 1.165) is 18.0 Å². The van der Waals surface area contributed by atoms with Crippen LogP contribution in [-0.4, -0.2) is 31.0 Å². The van der Waals surface area contributed by atoms with E-state index in [1.165, 1.54) is 24.2 Å². The standard InChI is InChI=1S/C11H18N4OS/c1-15(2)11-14-9(12)8(17-11)10(16)13-7-5-3-4-6-7/h7H,3-6,12H2,1-2H3,(H,13,16). The van der Waals surface area contributed by atoms with E-state index >= 15 is 0 Å². The Morgan fingerprint density at radius 1 is 1.47 bits per heavy atom. The van der Waals surface area contributed by atoms with Crippen LogP contribution < -0.4 is 16.0 Å². The van der Waals surface area contributed by atoms with E-state index < -0.39 is 0 Å². The molecule has 1 amide bonds. The molecule has 17 heavy (non-hydrogen) atoms. The molecule has 1 aliphatic carbocycles. The highest BCUT2D eigenvalue weighted by Crippen LogP contribution is 2.27. The van der Waals surface area contributed by atoms with Crippen LogP contribution in [0, 0.1) is 0 Å². The second-order valence-corrected chi connectivity index (χ2v) is 5.54. The number of nitrogen functional groups attached to an aromatic ring is 1. The van der Waals surface area contributed by atoms with Crippen molar-refractivity contribution in [2.75, 3.05) is 24.7 Å². The maximum absolute atomic E-state index is 12.0. The number of nitrogens with zero attached hydrogens (tertiary/aromatic N) is 2. The Morgan fingerprint density at radius 2 is 2.12 bits per heavy atom. The Hall–Kier alpha value is -1.30. The van der Waals surface area contributed by atoms with Crippen LogP contribution in [-0.2, 0) is 0 Å². The second-order valence-electron chi connectivity index (χ2n) is 4.56. The average molecular weight is 254 g/mol. The third-order valence-electron chi connectivity index (χ3n) is 2.92. The molecule has 1 fully saturated rings. The molecule has 0 radical (unpaired) electrons. The van der Waals surface area contributed by atoms with Crippen molar-refractivity contribution in [1.82, 2.24) is 10.3 Å². The molecule has 0 bridgehead atoms. The molecule has 3 N–H and O–H groups in total. The van der Waals surface area contributed by atoms with Gasteiger partial charge in [-0.3, -0.25) is 4.79 Å². The van der Waals surface area contributed by atoms with E-state index in [1.54, 1.807) is 0 Å². The van der Waals surface area contributed by atoms with Crippen LogP contribution >= 0.6 is 11.3 Å². The lowest BCUT2D eigenvalue weighted by Crippen LogP contribution is -2.32. The summed E-state index contributed by atoms with van der Waals surface area (Å²) in [7, 11) is 3.77. The van der Waals surface area contributed by atoms with Crippen molar-refractivity contribution in [3.05, 3.63) is 4.88 Å². The largest absolute Gasteiger partial charge is 0.382 e. The molecule has 1 aliphatic rings. The summed E-state index contributed by atoms with van der Waals surface area (Å²) in [5.41, 5.74) is 5.77. The monoisotopic (exact) mass is 254 g/mol. The molecule has 94 valence electrons. The third-order valence-corrected chi connectivity index (χ3v) is 4.16. The minimum absolute atomic E-state index is 0.0833. The van der Waals surface area contributed by atoms with E-state index in [0.29, 0.717) is 16.7 Å². The lowest BCUT2D eigenvalue weighted by Gasteiger charge is -2.10. The predicted octanol–water partition coefficient (Wildman–Crippen LogP) is 1.46. The Labute approximate surface area is 105 Å². The molecular formula is C11H18N4OS. The molecule has 5 nitrogen and oxygen atoms in total. The summed E-state index contributed by atoms with van der Waals surface area (Å²) in [6.45, 7) is 0. The number of carbonyl (C=O) groups is 1. The molecule has 1 heterocycles. The molecule has 1 aromatic heterocycles. The predicted molar refractivity (Wildman–Crippen MR) is 70.6 cm³/mol. The average Bonchev–Trinajstić information content (AvgIpc) is 2.86. The molecule has 6 heteroatoms. The van der Waals surface area contributed by atoms with Gasteiger partial charge in [0, 0.05) is 20.1 Å². The maximum Gasteiger partial charge on any atom is 0.265 e. The number of thiazole rings is 1. The number of rotatable bonds is 3. The molecule has 1 aromatic rings. The highest BCUT2D eigenvalue weighted by Gasteiger charge is 2.22. The number of nitrogens with one attached hydrogen (secondary N) is 1. The Balaban J connectivity index is 2.07. The van der Waals surface area contributed by atoms with E-state index in [1.807, 2.05) is 19.0 Å².